The molecular weight excluding hydrogens is 529 g/mol. The lowest BCUT2D eigenvalue weighted by atomic mass is 9.84. The van der Waals surface area contributed by atoms with E-state index in [9.17, 15) is 14.0 Å². The van der Waals surface area contributed by atoms with Crippen LogP contribution in [-0.2, 0) is 4.79 Å². The number of aromatic nitrogens is 6. The Balaban J connectivity index is 1.14. The van der Waals surface area contributed by atoms with Gasteiger partial charge in [0.05, 0.1) is 36.3 Å². The summed E-state index contributed by atoms with van der Waals surface area (Å²) >= 11 is 0. The molecule has 1 spiro atoms. The summed E-state index contributed by atoms with van der Waals surface area (Å²) in [5.41, 5.74) is 7.91. The van der Waals surface area contributed by atoms with Crippen LogP contribution in [0.4, 0.5) is 10.1 Å². The van der Waals surface area contributed by atoms with Crippen LogP contribution in [-0.4, -0.2) is 79.4 Å². The van der Waals surface area contributed by atoms with Gasteiger partial charge in [-0.25, -0.2) is 14.4 Å². The quantitative estimate of drug-likeness (QED) is 0.325. The van der Waals surface area contributed by atoms with Gasteiger partial charge in [0.15, 0.2) is 11.5 Å². The number of amides is 2. The molecule has 3 aliphatic rings. The number of nitrogens with one attached hydrogen (secondary N) is 2. The van der Waals surface area contributed by atoms with Crippen molar-refractivity contribution >= 4 is 28.5 Å². The van der Waals surface area contributed by atoms with Crippen LogP contribution in [0.3, 0.4) is 0 Å². The Morgan fingerprint density at radius 3 is 2.85 bits per heavy atom. The number of anilines is 1. The zero-order valence-electron chi connectivity index (χ0n) is 22.5. The van der Waals surface area contributed by atoms with Gasteiger partial charge in [-0.15, -0.1) is 0 Å². The summed E-state index contributed by atoms with van der Waals surface area (Å²) in [4.78, 5) is 38.7. The molecule has 13 heteroatoms. The van der Waals surface area contributed by atoms with Crippen molar-refractivity contribution in [1.82, 2.24) is 35.3 Å². The summed E-state index contributed by atoms with van der Waals surface area (Å²) in [5.74, 6) is -0.531. The average Bonchev–Trinajstić information content (AvgIpc) is 3.48. The van der Waals surface area contributed by atoms with Gasteiger partial charge in [-0.3, -0.25) is 19.8 Å². The first kappa shape index (κ1) is 25.4. The first-order valence-corrected chi connectivity index (χ1v) is 13.8. The number of nitrogens with zero attached hydrogens (tertiary/aromatic N) is 6. The lowest BCUT2D eigenvalue weighted by molar-refractivity contribution is -0.124. The molecule has 7 rings (SSSR count). The highest BCUT2D eigenvalue weighted by Crippen LogP contribution is 2.60. The van der Waals surface area contributed by atoms with Crippen molar-refractivity contribution < 1.29 is 18.7 Å². The standard InChI is InChI=1S/C28H30FN9O3/c1-41-24-8-17(20(29)13-32-24)21-9-22(35-34-21)27(40)38-7-4-15(25(30)39)10-28(38)11-19(28)16-3-6-37(14-16)23-2-5-31-26-18(23)12-33-36-26/h2,5,8-9,12-13,15-16,19H,3-4,6-7,10-11,14H2,1H3,(H2,30,39)(H,34,35)(H,31,33,36)/t15?,16-,19-,28?/m0/s1. The van der Waals surface area contributed by atoms with E-state index < -0.39 is 11.4 Å². The fourth-order valence-corrected chi connectivity index (χ4v) is 7.06. The number of hydrogen-bond acceptors (Lipinski definition) is 8. The number of fused-ring (bicyclic) bond motifs is 1. The number of carbonyl (C=O) groups is 2. The number of primary amides is 1. The number of H-pyrrole nitrogens is 2. The maximum Gasteiger partial charge on any atom is 0.272 e. The number of ether oxygens (including phenoxy) is 1. The average molecular weight is 560 g/mol. The van der Waals surface area contributed by atoms with Crippen LogP contribution in [0, 0.1) is 23.6 Å². The van der Waals surface area contributed by atoms with Crippen LogP contribution in [0.1, 0.15) is 36.2 Å². The number of piperidine rings is 1. The van der Waals surface area contributed by atoms with Gasteiger partial charge in [0.2, 0.25) is 11.8 Å². The van der Waals surface area contributed by atoms with Crippen LogP contribution < -0.4 is 15.4 Å². The Morgan fingerprint density at radius 1 is 1.15 bits per heavy atom. The van der Waals surface area contributed by atoms with E-state index in [4.69, 9.17) is 10.5 Å². The number of methoxy groups -OCH3 is 1. The molecule has 2 saturated heterocycles. The monoisotopic (exact) mass is 559 g/mol. The minimum absolute atomic E-state index is 0.187. The molecule has 212 valence electrons. The lowest BCUT2D eigenvalue weighted by Gasteiger charge is -2.40. The third-order valence-corrected chi connectivity index (χ3v) is 9.18. The highest BCUT2D eigenvalue weighted by molar-refractivity contribution is 5.95. The third-order valence-electron chi connectivity index (χ3n) is 9.18. The summed E-state index contributed by atoms with van der Waals surface area (Å²) in [6.45, 7) is 2.15. The largest absolute Gasteiger partial charge is 0.481 e. The normalized spacial score (nSPS) is 25.7. The first-order chi connectivity index (χ1) is 19.9. The van der Waals surface area contributed by atoms with Crippen molar-refractivity contribution in [3.8, 4) is 17.1 Å². The third kappa shape index (κ3) is 4.18. The fraction of sp³-hybridized carbons (Fsp3) is 0.429. The Labute approximate surface area is 234 Å². The summed E-state index contributed by atoms with van der Waals surface area (Å²) in [7, 11) is 1.45. The van der Waals surface area contributed by atoms with E-state index in [2.05, 4.69) is 35.3 Å². The molecule has 0 radical (unpaired) electrons. The molecule has 4 atom stereocenters. The number of nitrogens with two attached hydrogens (primary N) is 1. The van der Waals surface area contributed by atoms with Crippen LogP contribution in [0.25, 0.3) is 22.3 Å². The molecule has 0 bridgehead atoms. The number of likely N-dealkylation sites (tertiary alicyclic amines) is 1. The van der Waals surface area contributed by atoms with E-state index in [0.29, 0.717) is 25.3 Å². The number of hydrogen-bond donors (Lipinski definition) is 3. The fourth-order valence-electron chi connectivity index (χ4n) is 7.06. The predicted molar refractivity (Wildman–Crippen MR) is 146 cm³/mol. The number of rotatable bonds is 6. The second kappa shape index (κ2) is 9.53. The number of aromatic amines is 2. The minimum atomic E-state index is -0.565. The molecule has 1 aliphatic carbocycles. The molecule has 4 aromatic heterocycles. The van der Waals surface area contributed by atoms with Gasteiger partial charge in [0.25, 0.3) is 5.91 Å². The first-order valence-electron chi connectivity index (χ1n) is 13.8. The molecule has 4 N–H and O–H groups in total. The summed E-state index contributed by atoms with van der Waals surface area (Å²) in [6.07, 6.45) is 7.51. The summed E-state index contributed by atoms with van der Waals surface area (Å²) < 4.78 is 19.6. The highest BCUT2D eigenvalue weighted by Gasteiger charge is 2.65. The zero-order valence-corrected chi connectivity index (χ0v) is 22.5. The second-order valence-corrected chi connectivity index (χ2v) is 11.3. The summed E-state index contributed by atoms with van der Waals surface area (Å²) in [6, 6.07) is 5.02. The topological polar surface area (TPSA) is 159 Å². The maximum absolute atomic E-state index is 14.5. The highest BCUT2D eigenvalue weighted by atomic mass is 19.1. The summed E-state index contributed by atoms with van der Waals surface area (Å²) in [5, 5.41) is 15.1. The van der Waals surface area contributed by atoms with Crippen molar-refractivity contribution in [2.45, 2.75) is 31.2 Å². The Kier molecular flexibility index (Phi) is 5.91. The molecular formula is C28H30FN9O3. The smallest absolute Gasteiger partial charge is 0.272 e. The Morgan fingerprint density at radius 2 is 2.02 bits per heavy atom. The van der Waals surface area contributed by atoms with Gasteiger partial charge in [-0.2, -0.15) is 10.2 Å². The van der Waals surface area contributed by atoms with Crippen molar-refractivity contribution in [3.05, 3.63) is 48.3 Å². The van der Waals surface area contributed by atoms with Crippen molar-refractivity contribution in [1.29, 1.82) is 0 Å². The molecule has 0 aromatic carbocycles. The molecule has 1 saturated carbocycles. The van der Waals surface area contributed by atoms with Crippen LogP contribution >= 0.6 is 0 Å². The number of carbonyl (C=O) groups excluding carboxylic acids is 2. The Hall–Kier alpha value is -4.55. The molecule has 2 aliphatic heterocycles. The second-order valence-electron chi connectivity index (χ2n) is 11.3. The predicted octanol–water partition coefficient (Wildman–Crippen LogP) is 2.51. The van der Waals surface area contributed by atoms with E-state index in [0.717, 1.165) is 48.8 Å². The van der Waals surface area contributed by atoms with Crippen LogP contribution in [0.5, 0.6) is 5.88 Å². The van der Waals surface area contributed by atoms with Crippen molar-refractivity contribution in [2.24, 2.45) is 23.5 Å². The van der Waals surface area contributed by atoms with Gasteiger partial charge >= 0.3 is 0 Å². The van der Waals surface area contributed by atoms with Gasteiger partial charge in [0, 0.05) is 48.9 Å². The van der Waals surface area contributed by atoms with Crippen molar-refractivity contribution in [2.75, 3.05) is 31.6 Å². The minimum Gasteiger partial charge on any atom is -0.481 e. The zero-order chi connectivity index (χ0) is 28.3. The molecule has 2 amide bonds. The number of halogens is 1. The van der Waals surface area contributed by atoms with Gasteiger partial charge < -0.3 is 20.3 Å². The molecule has 41 heavy (non-hydrogen) atoms. The SMILES string of the molecule is COc1cc(-c2cc(C(=O)N3CCC(C(N)=O)CC34C[C@H]4[C@H]3CCN(c4ccnc5[nH]ncc45)C3)[nH]n2)c(F)cn1. The Bertz CT molecular complexity index is 1650. The van der Waals surface area contributed by atoms with Gasteiger partial charge in [0.1, 0.15) is 5.69 Å². The number of pyridine rings is 2. The van der Waals surface area contributed by atoms with Crippen LogP contribution in [0.15, 0.2) is 36.8 Å². The molecule has 4 aromatic rings. The molecule has 6 heterocycles. The molecule has 2 unspecified atom stereocenters. The van der Waals surface area contributed by atoms with Crippen molar-refractivity contribution in [3.63, 3.8) is 0 Å². The van der Waals surface area contributed by atoms with Gasteiger partial charge in [-0.1, -0.05) is 0 Å². The van der Waals surface area contributed by atoms with E-state index in [1.165, 1.54) is 13.2 Å². The lowest BCUT2D eigenvalue weighted by Crippen LogP contribution is -2.52. The van der Waals surface area contributed by atoms with Gasteiger partial charge in [-0.05, 0) is 49.7 Å². The van der Waals surface area contributed by atoms with Crippen LogP contribution in [0.2, 0.25) is 0 Å². The molecule has 3 fully saturated rings. The van der Waals surface area contributed by atoms with E-state index in [1.807, 2.05) is 11.0 Å². The van der Waals surface area contributed by atoms with E-state index in [-0.39, 0.29) is 46.5 Å². The molecule has 12 nitrogen and oxygen atoms in total. The maximum atomic E-state index is 14.5. The van der Waals surface area contributed by atoms with E-state index in [1.54, 1.807) is 18.5 Å². The van der Waals surface area contributed by atoms with E-state index >= 15 is 0 Å².